The lowest BCUT2D eigenvalue weighted by atomic mass is 10.1. The van der Waals surface area contributed by atoms with Gasteiger partial charge in [-0.25, -0.2) is 12.9 Å². The summed E-state index contributed by atoms with van der Waals surface area (Å²) in [5, 5.41) is 1.75. The predicted octanol–water partition coefficient (Wildman–Crippen LogP) is 2.74. The van der Waals surface area contributed by atoms with Crippen LogP contribution in [0.3, 0.4) is 0 Å². The van der Waals surface area contributed by atoms with Crippen molar-refractivity contribution >= 4 is 32.6 Å². The van der Waals surface area contributed by atoms with Crippen molar-refractivity contribution in [2.45, 2.75) is 0 Å². The minimum absolute atomic E-state index is 0.604. The van der Waals surface area contributed by atoms with Gasteiger partial charge in [-0.15, -0.1) is 0 Å². The lowest BCUT2D eigenvalue weighted by molar-refractivity contribution is -0.823. The van der Waals surface area contributed by atoms with E-state index in [1.54, 1.807) is 4.74 Å². The number of benzene rings is 2. The number of hydrogen-bond donors (Lipinski definition) is 0. The lowest BCUT2D eigenvalue weighted by Crippen LogP contribution is -2.24. The Morgan fingerprint density at radius 1 is 1.14 bits per heavy atom. The van der Waals surface area contributed by atoms with Crippen LogP contribution < -0.4 is 4.74 Å². The highest BCUT2D eigenvalue weighted by Gasteiger charge is 2.19. The molecule has 0 radical (unpaired) electrons. The van der Waals surface area contributed by atoms with E-state index in [1.165, 1.54) is 0 Å². The smallest absolute Gasteiger partial charge is 0.262 e. The van der Waals surface area contributed by atoms with Gasteiger partial charge >= 0.3 is 0 Å². The number of rotatable bonds is 1. The van der Waals surface area contributed by atoms with Crippen molar-refractivity contribution < 1.29 is 22.2 Å². The first-order valence-electron chi connectivity index (χ1n) is 6.30. The molecule has 0 aliphatic rings. The molecule has 1 aromatic heterocycles. The Morgan fingerprint density at radius 3 is 2.32 bits per heavy atom. The molecule has 0 N–H and O–H groups in total. The molecular weight excluding hydrogens is 326 g/mol. The SMILES string of the molecule is CS(=O)(=O)[O-].C[n+]1oc(-c2ccccc2)c2cc(Cl)ccc21. The summed E-state index contributed by atoms with van der Waals surface area (Å²) < 4.78 is 34.8. The van der Waals surface area contributed by atoms with Gasteiger partial charge in [0.15, 0.2) is 7.05 Å². The molecule has 0 aliphatic carbocycles. The minimum atomic E-state index is -3.92. The van der Waals surface area contributed by atoms with Crippen molar-refractivity contribution in [1.29, 1.82) is 0 Å². The second kappa shape index (κ2) is 6.48. The Labute approximate surface area is 133 Å². The molecule has 0 unspecified atom stereocenters. The zero-order valence-electron chi connectivity index (χ0n) is 12.0. The van der Waals surface area contributed by atoms with Crippen LogP contribution in [0.2, 0.25) is 5.02 Å². The molecule has 0 amide bonds. The normalized spacial score (nSPS) is 11.1. The summed E-state index contributed by atoms with van der Waals surface area (Å²) in [6.07, 6.45) is 0.604. The fourth-order valence-electron chi connectivity index (χ4n) is 2.00. The van der Waals surface area contributed by atoms with E-state index in [0.29, 0.717) is 6.26 Å². The quantitative estimate of drug-likeness (QED) is 0.504. The average Bonchev–Trinajstić information content (AvgIpc) is 2.75. The van der Waals surface area contributed by atoms with Gasteiger partial charge in [0.2, 0.25) is 5.76 Å². The lowest BCUT2D eigenvalue weighted by Gasteiger charge is -1.92. The summed E-state index contributed by atoms with van der Waals surface area (Å²) in [4.78, 5) is 0. The summed E-state index contributed by atoms with van der Waals surface area (Å²) in [6, 6.07) is 15.8. The molecule has 0 bridgehead atoms. The monoisotopic (exact) mass is 339 g/mol. The van der Waals surface area contributed by atoms with E-state index in [-0.39, 0.29) is 0 Å². The van der Waals surface area contributed by atoms with Crippen LogP contribution in [0.5, 0.6) is 0 Å². The topological polar surface area (TPSA) is 74.2 Å². The number of nitrogens with zero attached hydrogens (tertiary/aromatic N) is 1. The second-order valence-electron chi connectivity index (χ2n) is 4.65. The first-order chi connectivity index (χ1) is 10.3. The summed E-state index contributed by atoms with van der Waals surface area (Å²) in [5.74, 6) is 0.852. The third-order valence-corrected chi connectivity index (χ3v) is 3.04. The van der Waals surface area contributed by atoms with Crippen molar-refractivity contribution in [1.82, 2.24) is 0 Å². The van der Waals surface area contributed by atoms with Crippen molar-refractivity contribution in [3.63, 3.8) is 0 Å². The molecule has 22 heavy (non-hydrogen) atoms. The van der Waals surface area contributed by atoms with E-state index < -0.39 is 10.1 Å². The van der Waals surface area contributed by atoms with E-state index in [0.717, 1.165) is 27.2 Å². The van der Waals surface area contributed by atoms with Gasteiger partial charge in [-0.05, 0) is 16.9 Å². The highest BCUT2D eigenvalue weighted by Crippen LogP contribution is 2.29. The summed E-state index contributed by atoms with van der Waals surface area (Å²) in [6.45, 7) is 0. The van der Waals surface area contributed by atoms with E-state index in [4.69, 9.17) is 29.1 Å². The third-order valence-electron chi connectivity index (χ3n) is 2.81. The molecule has 116 valence electrons. The van der Waals surface area contributed by atoms with Crippen LogP contribution in [0, 0.1) is 0 Å². The maximum Gasteiger partial charge on any atom is 0.262 e. The Morgan fingerprint density at radius 2 is 1.73 bits per heavy atom. The molecule has 2 aromatic carbocycles. The molecule has 0 saturated heterocycles. The number of halogens is 1. The van der Waals surface area contributed by atoms with Crippen molar-refractivity contribution in [3.8, 4) is 11.3 Å². The Bertz CT molecular complexity index is 881. The molecule has 7 heteroatoms. The van der Waals surface area contributed by atoms with E-state index >= 15 is 0 Å². The Kier molecular flexibility index (Phi) is 4.85. The van der Waals surface area contributed by atoms with E-state index in [1.807, 2.05) is 55.6 Å². The molecule has 3 rings (SSSR count). The zero-order chi connectivity index (χ0) is 16.3. The second-order valence-corrected chi connectivity index (χ2v) is 6.49. The van der Waals surface area contributed by atoms with Gasteiger partial charge < -0.3 is 4.55 Å². The fraction of sp³-hybridized carbons (Fsp3) is 0.133. The fourth-order valence-corrected chi connectivity index (χ4v) is 2.17. The van der Waals surface area contributed by atoms with Crippen molar-refractivity contribution in [3.05, 3.63) is 53.6 Å². The van der Waals surface area contributed by atoms with Gasteiger partial charge in [0.25, 0.3) is 5.52 Å². The third kappa shape index (κ3) is 4.30. The maximum absolute atomic E-state index is 9.08. The van der Waals surface area contributed by atoms with Crippen molar-refractivity contribution in [2.75, 3.05) is 6.26 Å². The molecular formula is C15H14ClNO4S. The maximum atomic E-state index is 9.08. The van der Waals surface area contributed by atoms with Gasteiger partial charge in [0.05, 0.1) is 10.1 Å². The molecule has 0 atom stereocenters. The minimum Gasteiger partial charge on any atom is -0.748 e. The van der Waals surface area contributed by atoms with Crippen LogP contribution >= 0.6 is 11.6 Å². The highest BCUT2D eigenvalue weighted by molar-refractivity contribution is 7.84. The molecule has 5 nitrogen and oxygen atoms in total. The standard InChI is InChI=1S/C14H11ClNO.CH4O3S/c1-16-13-8-7-11(15)9-12(13)14(17-16)10-5-3-2-4-6-10;1-5(2,3)4/h2-9H,1H3;1H3,(H,2,3,4)/q+1;/p-1. The molecule has 0 fully saturated rings. The summed E-state index contributed by atoms with van der Waals surface area (Å²) in [5.41, 5.74) is 2.09. The van der Waals surface area contributed by atoms with Gasteiger partial charge in [-0.3, -0.25) is 0 Å². The van der Waals surface area contributed by atoms with E-state index in [9.17, 15) is 0 Å². The first kappa shape index (κ1) is 16.5. The summed E-state index contributed by atoms with van der Waals surface area (Å²) >= 11 is 6.04. The average molecular weight is 340 g/mol. The first-order valence-corrected chi connectivity index (χ1v) is 8.50. The van der Waals surface area contributed by atoms with Gasteiger partial charge in [-0.2, -0.15) is 0 Å². The van der Waals surface area contributed by atoms with E-state index in [2.05, 4.69) is 0 Å². The predicted molar refractivity (Wildman–Crippen MR) is 83.5 cm³/mol. The number of hydrogen-bond acceptors (Lipinski definition) is 4. The number of aryl methyl sites for hydroxylation is 1. The molecule has 3 aromatic rings. The van der Waals surface area contributed by atoms with Crippen LogP contribution in [0.1, 0.15) is 0 Å². The zero-order valence-corrected chi connectivity index (χ0v) is 13.6. The van der Waals surface area contributed by atoms with Crippen LogP contribution in [0.25, 0.3) is 22.2 Å². The molecule has 0 saturated carbocycles. The van der Waals surface area contributed by atoms with Gasteiger partial charge in [0, 0.05) is 22.9 Å². The molecule has 0 aliphatic heterocycles. The Hall–Kier alpha value is -1.89. The highest BCUT2D eigenvalue weighted by atomic mass is 35.5. The largest absolute Gasteiger partial charge is 0.748 e. The number of fused-ring (bicyclic) bond motifs is 1. The van der Waals surface area contributed by atoms with Gasteiger partial charge in [-0.1, -0.05) is 41.9 Å². The van der Waals surface area contributed by atoms with Crippen LogP contribution in [0.15, 0.2) is 53.1 Å². The van der Waals surface area contributed by atoms with Crippen LogP contribution in [0.4, 0.5) is 0 Å². The summed E-state index contributed by atoms with van der Waals surface area (Å²) in [7, 11) is -2.03. The molecule has 1 heterocycles. The Balaban J connectivity index is 0.000000309. The number of aromatic nitrogens is 1. The molecule has 0 spiro atoms. The van der Waals surface area contributed by atoms with Gasteiger partial charge in [0.1, 0.15) is 5.39 Å². The van der Waals surface area contributed by atoms with Crippen molar-refractivity contribution in [2.24, 2.45) is 7.05 Å². The van der Waals surface area contributed by atoms with Crippen LogP contribution in [-0.4, -0.2) is 19.2 Å². The van der Waals surface area contributed by atoms with Crippen LogP contribution in [-0.2, 0) is 17.2 Å².